The SMILES string of the molecule is C=C.C=C.O=C(O)C(O)C(O)C(=O)O.O=C(O)CCC(=O)O. The molecule has 10 nitrogen and oxygen atoms in total. The normalized spacial score (nSPS) is 10.6. The molecule has 0 radical (unpaired) electrons. The summed E-state index contributed by atoms with van der Waals surface area (Å²) in [7, 11) is 0. The van der Waals surface area contributed by atoms with Gasteiger partial charge in [-0.05, 0) is 0 Å². The highest BCUT2D eigenvalue weighted by Gasteiger charge is 2.29. The molecule has 0 aromatic rings. The molecule has 0 spiro atoms. The summed E-state index contributed by atoms with van der Waals surface area (Å²) in [6, 6.07) is 0. The first-order chi connectivity index (χ1) is 10.1. The maximum Gasteiger partial charge on any atom is 0.335 e. The third-order valence-corrected chi connectivity index (χ3v) is 1.36. The van der Waals surface area contributed by atoms with Crippen LogP contribution in [0.1, 0.15) is 12.8 Å². The zero-order valence-electron chi connectivity index (χ0n) is 11.7. The summed E-state index contributed by atoms with van der Waals surface area (Å²) in [5.74, 6) is -5.69. The van der Waals surface area contributed by atoms with Gasteiger partial charge in [-0.1, -0.05) is 0 Å². The van der Waals surface area contributed by atoms with Crippen molar-refractivity contribution >= 4 is 23.9 Å². The molecule has 0 saturated carbocycles. The molecule has 0 heterocycles. The molecular formula is C12H20O10. The largest absolute Gasteiger partial charge is 0.481 e. The molecule has 0 aliphatic rings. The molecule has 128 valence electrons. The number of carboxylic acid groups (broad SMARTS) is 4. The van der Waals surface area contributed by atoms with Gasteiger partial charge in [-0.3, -0.25) is 9.59 Å². The van der Waals surface area contributed by atoms with E-state index in [0.29, 0.717) is 0 Å². The van der Waals surface area contributed by atoms with E-state index in [1.165, 1.54) is 0 Å². The van der Waals surface area contributed by atoms with Crippen molar-refractivity contribution in [1.82, 2.24) is 0 Å². The van der Waals surface area contributed by atoms with Crippen LogP contribution in [0.25, 0.3) is 0 Å². The topological polar surface area (TPSA) is 190 Å². The monoisotopic (exact) mass is 324 g/mol. The predicted molar refractivity (Wildman–Crippen MR) is 74.3 cm³/mol. The second-order valence-corrected chi connectivity index (χ2v) is 2.85. The Morgan fingerprint density at radius 2 is 0.818 bits per heavy atom. The molecule has 22 heavy (non-hydrogen) atoms. The number of rotatable bonds is 6. The minimum atomic E-state index is -2.27. The van der Waals surface area contributed by atoms with E-state index in [1.807, 2.05) is 0 Å². The van der Waals surface area contributed by atoms with Gasteiger partial charge in [0.15, 0.2) is 12.2 Å². The molecule has 2 atom stereocenters. The van der Waals surface area contributed by atoms with E-state index in [0.717, 1.165) is 0 Å². The Balaban J connectivity index is -0.000000121. The first-order valence-corrected chi connectivity index (χ1v) is 5.35. The van der Waals surface area contributed by atoms with Gasteiger partial charge in [0.25, 0.3) is 0 Å². The molecule has 0 saturated heterocycles. The van der Waals surface area contributed by atoms with Gasteiger partial charge in [-0.15, -0.1) is 26.3 Å². The lowest BCUT2D eigenvalue weighted by atomic mass is 10.2. The number of hydrogen-bond donors (Lipinski definition) is 6. The maximum absolute atomic E-state index is 9.77. The van der Waals surface area contributed by atoms with Crippen molar-refractivity contribution in [2.75, 3.05) is 0 Å². The Hall–Kier alpha value is -2.72. The van der Waals surface area contributed by atoms with Crippen LogP contribution < -0.4 is 0 Å². The van der Waals surface area contributed by atoms with Crippen LogP contribution in [0, 0.1) is 0 Å². The number of hydrogen-bond acceptors (Lipinski definition) is 6. The highest BCUT2D eigenvalue weighted by Crippen LogP contribution is 1.92. The fourth-order valence-electron chi connectivity index (χ4n) is 0.484. The molecule has 0 aromatic heterocycles. The van der Waals surface area contributed by atoms with Gasteiger partial charge in [0, 0.05) is 0 Å². The van der Waals surface area contributed by atoms with E-state index in [9.17, 15) is 19.2 Å². The van der Waals surface area contributed by atoms with Crippen molar-refractivity contribution in [3.05, 3.63) is 26.3 Å². The molecule has 2 unspecified atom stereocenters. The Morgan fingerprint density at radius 3 is 0.909 bits per heavy atom. The third-order valence-electron chi connectivity index (χ3n) is 1.36. The third kappa shape index (κ3) is 22.5. The number of aliphatic hydroxyl groups is 2. The van der Waals surface area contributed by atoms with Crippen LogP contribution >= 0.6 is 0 Å². The molecule has 0 fully saturated rings. The summed E-state index contributed by atoms with van der Waals surface area (Å²) in [5, 5.41) is 48.3. The van der Waals surface area contributed by atoms with Crippen LogP contribution in [-0.4, -0.2) is 66.7 Å². The van der Waals surface area contributed by atoms with E-state index in [4.69, 9.17) is 30.6 Å². The Kier molecular flexibility index (Phi) is 22.9. The molecule has 0 aliphatic heterocycles. The van der Waals surface area contributed by atoms with Crippen molar-refractivity contribution in [3.8, 4) is 0 Å². The van der Waals surface area contributed by atoms with Crippen molar-refractivity contribution < 1.29 is 49.8 Å². The summed E-state index contributed by atoms with van der Waals surface area (Å²) >= 11 is 0. The molecule has 0 aromatic carbocycles. The smallest absolute Gasteiger partial charge is 0.335 e. The van der Waals surface area contributed by atoms with Gasteiger partial charge < -0.3 is 30.6 Å². The highest BCUT2D eigenvalue weighted by molar-refractivity contribution is 5.83. The van der Waals surface area contributed by atoms with Crippen molar-refractivity contribution in [3.63, 3.8) is 0 Å². The lowest BCUT2D eigenvalue weighted by Crippen LogP contribution is -2.39. The van der Waals surface area contributed by atoms with Crippen molar-refractivity contribution in [2.24, 2.45) is 0 Å². The number of carboxylic acids is 4. The fourth-order valence-corrected chi connectivity index (χ4v) is 0.484. The summed E-state index contributed by atoms with van der Waals surface area (Å²) in [6.07, 6.45) is -5.13. The minimum absolute atomic E-state index is 0.296. The molecule has 0 bridgehead atoms. The van der Waals surface area contributed by atoms with E-state index in [-0.39, 0.29) is 12.8 Å². The molecule has 0 aliphatic carbocycles. The zero-order chi connectivity index (χ0) is 18.9. The standard InChI is InChI=1S/C4H6O6.C4H6O4.2C2H4/c5-1(3(7)8)2(6)4(9)10;5-3(6)1-2-4(7)8;2*1-2/h1-2,5-6H,(H,7,8)(H,9,10);1-2H2,(H,5,6)(H,7,8);2*1-2H2. The van der Waals surface area contributed by atoms with Gasteiger partial charge in [0.2, 0.25) is 0 Å². The molecule has 0 rings (SSSR count). The number of aliphatic hydroxyl groups excluding tert-OH is 2. The van der Waals surface area contributed by atoms with Crippen LogP contribution in [0.15, 0.2) is 26.3 Å². The average molecular weight is 324 g/mol. The second kappa shape index (κ2) is 18.3. The summed E-state index contributed by atoms with van der Waals surface area (Å²) < 4.78 is 0. The zero-order valence-corrected chi connectivity index (χ0v) is 11.7. The average Bonchev–Trinajstić information content (AvgIpc) is 2.48. The molecule has 6 N–H and O–H groups in total. The van der Waals surface area contributed by atoms with Crippen LogP contribution in [0.4, 0.5) is 0 Å². The Labute approximate surface area is 126 Å². The number of carbonyl (C=O) groups is 4. The van der Waals surface area contributed by atoms with Gasteiger partial charge >= 0.3 is 23.9 Å². The van der Waals surface area contributed by atoms with Gasteiger partial charge in [0.1, 0.15) is 0 Å². The van der Waals surface area contributed by atoms with Gasteiger partial charge in [0.05, 0.1) is 12.8 Å². The molecule has 10 heteroatoms. The molecule has 0 amide bonds. The number of aliphatic carboxylic acids is 4. The van der Waals surface area contributed by atoms with Crippen LogP contribution in [0.2, 0.25) is 0 Å². The molecular weight excluding hydrogens is 304 g/mol. The Bertz CT molecular complexity index is 318. The van der Waals surface area contributed by atoms with Gasteiger partial charge in [-0.25, -0.2) is 9.59 Å². The summed E-state index contributed by atoms with van der Waals surface area (Å²) in [4.78, 5) is 38.8. The maximum atomic E-state index is 9.77. The van der Waals surface area contributed by atoms with Crippen molar-refractivity contribution in [2.45, 2.75) is 25.0 Å². The lowest BCUT2D eigenvalue weighted by Gasteiger charge is -2.07. The summed E-state index contributed by atoms with van der Waals surface area (Å²) in [5.41, 5.74) is 0. The predicted octanol–water partition coefficient (Wildman–Crippen LogP) is -0.582. The lowest BCUT2D eigenvalue weighted by molar-refractivity contribution is -0.165. The minimum Gasteiger partial charge on any atom is -0.481 e. The van der Waals surface area contributed by atoms with Crippen LogP contribution in [-0.2, 0) is 19.2 Å². The second-order valence-electron chi connectivity index (χ2n) is 2.85. The van der Waals surface area contributed by atoms with E-state index >= 15 is 0 Å². The van der Waals surface area contributed by atoms with E-state index < -0.39 is 36.1 Å². The summed E-state index contributed by atoms with van der Waals surface area (Å²) in [6.45, 7) is 12.0. The van der Waals surface area contributed by atoms with Crippen molar-refractivity contribution in [1.29, 1.82) is 0 Å². The van der Waals surface area contributed by atoms with E-state index in [1.54, 1.807) is 0 Å². The quantitative estimate of drug-likeness (QED) is 0.344. The first kappa shape index (κ1) is 27.6. The fraction of sp³-hybridized carbons (Fsp3) is 0.333. The highest BCUT2D eigenvalue weighted by atomic mass is 16.4. The van der Waals surface area contributed by atoms with Gasteiger partial charge in [-0.2, -0.15) is 0 Å². The first-order valence-electron chi connectivity index (χ1n) is 5.35. The van der Waals surface area contributed by atoms with Crippen LogP contribution in [0.5, 0.6) is 0 Å². The van der Waals surface area contributed by atoms with E-state index in [2.05, 4.69) is 26.3 Å². The Morgan fingerprint density at radius 1 is 0.636 bits per heavy atom. The van der Waals surface area contributed by atoms with Crippen LogP contribution in [0.3, 0.4) is 0 Å².